The van der Waals surface area contributed by atoms with Crippen LogP contribution in [0.2, 0.25) is 0 Å². The lowest BCUT2D eigenvalue weighted by Gasteiger charge is -2.17. The van der Waals surface area contributed by atoms with E-state index in [1.54, 1.807) is 19.5 Å². The van der Waals surface area contributed by atoms with Gasteiger partial charge in [0, 0.05) is 6.20 Å². The normalized spacial score (nSPS) is 12.2. The number of nitrogens with one attached hydrogen (secondary N) is 1. The van der Waals surface area contributed by atoms with E-state index < -0.39 is 0 Å². The van der Waals surface area contributed by atoms with Crippen LogP contribution in [0.4, 0.5) is 4.39 Å². The van der Waals surface area contributed by atoms with E-state index in [1.807, 2.05) is 19.1 Å². The Morgan fingerprint density at radius 1 is 1.21 bits per heavy atom. The van der Waals surface area contributed by atoms with Gasteiger partial charge in [-0.15, -0.1) is 0 Å². The highest BCUT2D eigenvalue weighted by atomic mass is 19.1. The van der Waals surface area contributed by atoms with Gasteiger partial charge in [0.2, 0.25) is 0 Å². The second kappa shape index (κ2) is 5.77. The van der Waals surface area contributed by atoms with Gasteiger partial charge in [-0.1, -0.05) is 6.07 Å². The van der Waals surface area contributed by atoms with Crippen LogP contribution in [0.5, 0.6) is 5.75 Å². The fourth-order valence-electron chi connectivity index (χ4n) is 2.02. The molecule has 0 bridgehead atoms. The van der Waals surface area contributed by atoms with Gasteiger partial charge in [-0.05, 0) is 41.8 Å². The van der Waals surface area contributed by atoms with Crippen molar-refractivity contribution in [2.24, 2.45) is 5.84 Å². The SMILES string of the molecule is COc1cncc(C(NN)c2cc(C)cc(F)c2)c1. The number of aryl methyl sites for hydroxylation is 1. The Bertz CT molecular complexity index is 554. The molecule has 2 rings (SSSR count). The lowest BCUT2D eigenvalue weighted by Crippen LogP contribution is -2.29. The van der Waals surface area contributed by atoms with Gasteiger partial charge in [0.05, 0.1) is 19.3 Å². The topological polar surface area (TPSA) is 60.2 Å². The van der Waals surface area contributed by atoms with Gasteiger partial charge in [0.1, 0.15) is 11.6 Å². The molecule has 0 fully saturated rings. The summed E-state index contributed by atoms with van der Waals surface area (Å²) in [6, 6.07) is 6.29. The number of hydrazine groups is 1. The van der Waals surface area contributed by atoms with E-state index in [0.29, 0.717) is 5.75 Å². The highest BCUT2D eigenvalue weighted by molar-refractivity contribution is 5.36. The highest BCUT2D eigenvalue weighted by Gasteiger charge is 2.15. The van der Waals surface area contributed by atoms with E-state index >= 15 is 0 Å². The van der Waals surface area contributed by atoms with Crippen molar-refractivity contribution in [1.29, 1.82) is 0 Å². The van der Waals surface area contributed by atoms with Crippen molar-refractivity contribution in [2.45, 2.75) is 13.0 Å². The Kier molecular flexibility index (Phi) is 4.09. The number of hydrogen-bond acceptors (Lipinski definition) is 4. The largest absolute Gasteiger partial charge is 0.495 e. The molecular formula is C14H16FN3O. The van der Waals surface area contributed by atoms with Crippen molar-refractivity contribution >= 4 is 0 Å². The van der Waals surface area contributed by atoms with E-state index in [2.05, 4.69) is 10.4 Å². The van der Waals surface area contributed by atoms with Crippen LogP contribution in [0.1, 0.15) is 22.7 Å². The maximum absolute atomic E-state index is 13.5. The van der Waals surface area contributed by atoms with E-state index in [-0.39, 0.29) is 11.9 Å². The van der Waals surface area contributed by atoms with Crippen LogP contribution in [0, 0.1) is 12.7 Å². The van der Waals surface area contributed by atoms with Gasteiger partial charge in [-0.25, -0.2) is 9.82 Å². The van der Waals surface area contributed by atoms with Crippen LogP contribution in [-0.2, 0) is 0 Å². The van der Waals surface area contributed by atoms with Crippen LogP contribution < -0.4 is 16.0 Å². The smallest absolute Gasteiger partial charge is 0.137 e. The second-order valence-electron chi connectivity index (χ2n) is 4.32. The molecule has 0 radical (unpaired) electrons. The van der Waals surface area contributed by atoms with Gasteiger partial charge in [0.25, 0.3) is 0 Å². The number of pyridine rings is 1. The number of nitrogens with zero attached hydrogens (tertiary/aromatic N) is 1. The summed E-state index contributed by atoms with van der Waals surface area (Å²) < 4.78 is 18.6. The molecule has 3 N–H and O–H groups in total. The molecule has 2 aromatic rings. The summed E-state index contributed by atoms with van der Waals surface area (Å²) in [7, 11) is 1.57. The molecule has 1 heterocycles. The van der Waals surface area contributed by atoms with Crippen molar-refractivity contribution in [3.8, 4) is 5.75 Å². The van der Waals surface area contributed by atoms with E-state index in [1.165, 1.54) is 12.1 Å². The molecule has 0 saturated carbocycles. The molecule has 1 unspecified atom stereocenters. The Morgan fingerprint density at radius 2 is 2.00 bits per heavy atom. The lowest BCUT2D eigenvalue weighted by molar-refractivity contribution is 0.411. The molecular weight excluding hydrogens is 245 g/mol. The summed E-state index contributed by atoms with van der Waals surface area (Å²) in [4.78, 5) is 4.08. The van der Waals surface area contributed by atoms with Crippen LogP contribution in [0.3, 0.4) is 0 Å². The molecule has 0 spiro atoms. The van der Waals surface area contributed by atoms with Gasteiger partial charge in [0.15, 0.2) is 0 Å². The predicted octanol–water partition coefficient (Wildman–Crippen LogP) is 2.09. The summed E-state index contributed by atoms with van der Waals surface area (Å²) >= 11 is 0. The van der Waals surface area contributed by atoms with Crippen molar-refractivity contribution < 1.29 is 9.13 Å². The first-order valence-corrected chi connectivity index (χ1v) is 5.86. The number of benzene rings is 1. The third-order valence-electron chi connectivity index (χ3n) is 2.87. The number of aromatic nitrogens is 1. The predicted molar refractivity (Wildman–Crippen MR) is 71.1 cm³/mol. The first kappa shape index (κ1) is 13.5. The Balaban J connectivity index is 2.43. The summed E-state index contributed by atoms with van der Waals surface area (Å²) in [5, 5.41) is 0. The van der Waals surface area contributed by atoms with E-state index in [0.717, 1.165) is 16.7 Å². The molecule has 0 amide bonds. The quantitative estimate of drug-likeness (QED) is 0.653. The minimum absolute atomic E-state index is 0.286. The zero-order valence-electron chi connectivity index (χ0n) is 10.9. The van der Waals surface area contributed by atoms with Crippen molar-refractivity contribution in [3.05, 3.63) is 59.2 Å². The number of methoxy groups -OCH3 is 1. The molecule has 0 aliphatic rings. The average Bonchev–Trinajstić information content (AvgIpc) is 2.39. The first-order valence-electron chi connectivity index (χ1n) is 5.86. The molecule has 1 aromatic carbocycles. The first-order chi connectivity index (χ1) is 9.13. The van der Waals surface area contributed by atoms with Gasteiger partial charge < -0.3 is 4.74 Å². The summed E-state index contributed by atoms with van der Waals surface area (Å²) in [5.74, 6) is 5.93. The maximum Gasteiger partial charge on any atom is 0.137 e. The average molecular weight is 261 g/mol. The van der Waals surface area contributed by atoms with Crippen molar-refractivity contribution in [1.82, 2.24) is 10.4 Å². The molecule has 4 nitrogen and oxygen atoms in total. The van der Waals surface area contributed by atoms with E-state index in [9.17, 15) is 4.39 Å². The monoisotopic (exact) mass is 261 g/mol. The number of nitrogens with two attached hydrogens (primary N) is 1. The summed E-state index contributed by atoms with van der Waals surface area (Å²) in [6.45, 7) is 1.84. The minimum atomic E-state index is -0.336. The van der Waals surface area contributed by atoms with Gasteiger partial charge in [-0.3, -0.25) is 10.8 Å². The van der Waals surface area contributed by atoms with E-state index in [4.69, 9.17) is 10.6 Å². The molecule has 19 heavy (non-hydrogen) atoms. The molecule has 5 heteroatoms. The zero-order chi connectivity index (χ0) is 13.8. The Labute approximate surface area is 111 Å². The van der Waals surface area contributed by atoms with Crippen molar-refractivity contribution in [2.75, 3.05) is 7.11 Å². The Morgan fingerprint density at radius 3 is 2.63 bits per heavy atom. The zero-order valence-corrected chi connectivity index (χ0v) is 10.9. The minimum Gasteiger partial charge on any atom is -0.495 e. The van der Waals surface area contributed by atoms with Crippen molar-refractivity contribution in [3.63, 3.8) is 0 Å². The molecule has 0 aliphatic heterocycles. The third kappa shape index (κ3) is 3.07. The number of rotatable bonds is 4. The lowest BCUT2D eigenvalue weighted by atomic mass is 9.99. The summed E-state index contributed by atoms with van der Waals surface area (Å²) in [6.07, 6.45) is 3.28. The second-order valence-corrected chi connectivity index (χ2v) is 4.32. The van der Waals surface area contributed by atoms with Crippen LogP contribution in [-0.4, -0.2) is 12.1 Å². The number of hydrogen-bond donors (Lipinski definition) is 2. The van der Waals surface area contributed by atoms with Crippen LogP contribution in [0.15, 0.2) is 36.7 Å². The fourth-order valence-corrected chi connectivity index (χ4v) is 2.02. The number of halogens is 1. The van der Waals surface area contributed by atoms with Gasteiger partial charge >= 0.3 is 0 Å². The molecule has 1 atom stereocenters. The molecule has 0 saturated heterocycles. The van der Waals surface area contributed by atoms with Crippen LogP contribution in [0.25, 0.3) is 0 Å². The third-order valence-corrected chi connectivity index (χ3v) is 2.87. The standard InChI is InChI=1S/C14H16FN3O/c1-9-3-10(5-12(15)4-9)14(18-16)11-6-13(19-2)8-17-7-11/h3-8,14,18H,16H2,1-2H3. The number of ether oxygens (including phenoxy) is 1. The maximum atomic E-state index is 13.5. The molecule has 1 aromatic heterocycles. The summed E-state index contributed by atoms with van der Waals surface area (Å²) in [5.41, 5.74) is 5.07. The molecule has 100 valence electrons. The Hall–Kier alpha value is -1.98. The van der Waals surface area contributed by atoms with Crippen LogP contribution >= 0.6 is 0 Å². The molecule has 0 aliphatic carbocycles. The fraction of sp³-hybridized carbons (Fsp3) is 0.214. The highest BCUT2D eigenvalue weighted by Crippen LogP contribution is 2.25. The van der Waals surface area contributed by atoms with Gasteiger partial charge in [-0.2, -0.15) is 0 Å².